The maximum Gasteiger partial charge on any atom is 0.357 e. The Balaban J connectivity index is 2.44. The molecule has 1 aromatic rings. The number of thioether (sulfide) groups is 1. The second kappa shape index (κ2) is 5.14. The summed E-state index contributed by atoms with van der Waals surface area (Å²) in [6, 6.07) is -0.0917. The summed E-state index contributed by atoms with van der Waals surface area (Å²) < 4.78 is 26.3. The number of aromatic nitrogens is 2. The molecule has 0 saturated carbocycles. The van der Waals surface area contributed by atoms with Crippen molar-refractivity contribution in [1.29, 1.82) is 0 Å². The molecule has 1 aliphatic rings. The van der Waals surface area contributed by atoms with Crippen molar-refractivity contribution in [1.82, 2.24) is 14.5 Å². The fraction of sp³-hybridized carbons (Fsp3) is 0.600. The molecule has 1 aliphatic heterocycles. The van der Waals surface area contributed by atoms with Gasteiger partial charge < -0.3 is 5.11 Å². The Bertz CT molecular complexity index is 590. The van der Waals surface area contributed by atoms with Crippen LogP contribution in [0.2, 0.25) is 0 Å². The Morgan fingerprint density at radius 1 is 1.58 bits per heavy atom. The molecule has 0 bridgehead atoms. The highest BCUT2D eigenvalue weighted by molar-refractivity contribution is 7.99. The van der Waals surface area contributed by atoms with Crippen LogP contribution in [0.5, 0.6) is 0 Å². The van der Waals surface area contributed by atoms with E-state index in [1.807, 2.05) is 0 Å². The monoisotopic (exact) mass is 305 g/mol. The molecule has 7 nitrogen and oxygen atoms in total. The van der Waals surface area contributed by atoms with E-state index in [2.05, 4.69) is 10.2 Å². The lowest BCUT2D eigenvalue weighted by molar-refractivity contribution is 0.0686. The molecule has 2 rings (SSSR count). The van der Waals surface area contributed by atoms with Gasteiger partial charge in [-0.2, -0.15) is 21.2 Å². The van der Waals surface area contributed by atoms with Crippen LogP contribution in [0.1, 0.15) is 22.6 Å². The van der Waals surface area contributed by atoms with Crippen LogP contribution in [-0.4, -0.2) is 58.6 Å². The molecule has 0 radical (unpaired) electrons. The highest BCUT2D eigenvalue weighted by atomic mass is 32.2. The summed E-state index contributed by atoms with van der Waals surface area (Å²) in [7, 11) is -2.35. The summed E-state index contributed by atoms with van der Waals surface area (Å²) in [5.41, 5.74) is -0.204. The van der Waals surface area contributed by atoms with E-state index in [1.54, 1.807) is 11.8 Å². The van der Waals surface area contributed by atoms with Crippen molar-refractivity contribution in [2.24, 2.45) is 0 Å². The molecule has 1 aromatic heterocycles. The van der Waals surface area contributed by atoms with Crippen LogP contribution in [0.4, 0.5) is 0 Å². The normalized spacial score (nSPS) is 20.1. The van der Waals surface area contributed by atoms with E-state index in [9.17, 15) is 13.2 Å². The second-order valence-corrected chi connectivity index (χ2v) is 7.45. The van der Waals surface area contributed by atoms with E-state index in [4.69, 9.17) is 5.11 Å². The second-order valence-electron chi connectivity index (χ2n) is 4.37. The lowest BCUT2D eigenvalue weighted by Crippen LogP contribution is -2.37. The number of nitrogens with zero attached hydrogens (tertiary/aromatic N) is 2. The van der Waals surface area contributed by atoms with E-state index in [1.165, 1.54) is 18.3 Å². The lowest BCUT2D eigenvalue weighted by atomic mass is 10.3. The van der Waals surface area contributed by atoms with E-state index < -0.39 is 21.7 Å². The summed E-state index contributed by atoms with van der Waals surface area (Å²) in [6.45, 7) is 1.50. The number of rotatable bonds is 4. The van der Waals surface area contributed by atoms with Gasteiger partial charge in [-0.15, -0.1) is 0 Å². The Labute approximate surface area is 115 Å². The third-order valence-electron chi connectivity index (χ3n) is 3.15. The number of hydrogen-bond acceptors (Lipinski definition) is 5. The smallest absolute Gasteiger partial charge is 0.357 e. The summed E-state index contributed by atoms with van der Waals surface area (Å²) in [6.07, 6.45) is 0.777. The first-order chi connectivity index (χ1) is 8.85. The zero-order valence-corrected chi connectivity index (χ0v) is 12.2. The Kier molecular flexibility index (Phi) is 3.88. The molecule has 19 heavy (non-hydrogen) atoms. The van der Waals surface area contributed by atoms with Crippen LogP contribution in [-0.2, 0) is 10.0 Å². The standard InChI is InChI=1S/C10H15N3O4S2/c1-6-9(8(10(14)15)12-11-6)19(16,17)13(2)7-3-4-18-5-7/h7H,3-5H2,1-2H3,(H,11,12)(H,14,15). The number of aromatic carboxylic acids is 1. The van der Waals surface area contributed by atoms with Crippen molar-refractivity contribution < 1.29 is 18.3 Å². The van der Waals surface area contributed by atoms with Crippen molar-refractivity contribution in [2.75, 3.05) is 18.6 Å². The number of carboxylic acid groups (broad SMARTS) is 1. The van der Waals surface area contributed by atoms with Gasteiger partial charge in [0.05, 0.1) is 5.69 Å². The molecule has 0 aliphatic carbocycles. The van der Waals surface area contributed by atoms with Gasteiger partial charge in [-0.05, 0) is 19.1 Å². The number of aryl methyl sites for hydroxylation is 1. The highest BCUT2D eigenvalue weighted by Gasteiger charge is 2.36. The molecule has 2 heterocycles. The predicted octanol–water partition coefficient (Wildman–Crippen LogP) is 0.542. The molecule has 9 heteroatoms. The number of carboxylic acids is 1. The zero-order valence-electron chi connectivity index (χ0n) is 10.6. The number of nitrogens with one attached hydrogen (secondary N) is 1. The quantitative estimate of drug-likeness (QED) is 0.841. The molecule has 1 fully saturated rings. The first-order valence-electron chi connectivity index (χ1n) is 5.69. The van der Waals surface area contributed by atoms with Crippen LogP contribution in [0, 0.1) is 6.92 Å². The van der Waals surface area contributed by atoms with Crippen LogP contribution in [0.25, 0.3) is 0 Å². The van der Waals surface area contributed by atoms with Gasteiger partial charge in [0, 0.05) is 18.8 Å². The van der Waals surface area contributed by atoms with Gasteiger partial charge in [-0.1, -0.05) is 0 Å². The largest absolute Gasteiger partial charge is 0.476 e. The van der Waals surface area contributed by atoms with Gasteiger partial charge in [0.2, 0.25) is 10.0 Å². The van der Waals surface area contributed by atoms with Crippen LogP contribution in [0.3, 0.4) is 0 Å². The van der Waals surface area contributed by atoms with E-state index in [0.29, 0.717) is 0 Å². The molecule has 0 aromatic carbocycles. The molecule has 2 N–H and O–H groups in total. The van der Waals surface area contributed by atoms with Crippen molar-refractivity contribution >= 4 is 27.8 Å². The maximum absolute atomic E-state index is 12.5. The van der Waals surface area contributed by atoms with Crippen molar-refractivity contribution in [3.63, 3.8) is 0 Å². The molecule has 1 saturated heterocycles. The van der Waals surface area contributed by atoms with Crippen LogP contribution < -0.4 is 0 Å². The molecule has 1 atom stereocenters. The Morgan fingerprint density at radius 3 is 2.79 bits per heavy atom. The third-order valence-corrected chi connectivity index (χ3v) is 6.37. The van der Waals surface area contributed by atoms with Gasteiger partial charge >= 0.3 is 5.97 Å². The molecule has 0 spiro atoms. The fourth-order valence-corrected chi connectivity index (χ4v) is 5.06. The molecule has 1 unspecified atom stereocenters. The van der Waals surface area contributed by atoms with E-state index >= 15 is 0 Å². The number of hydrogen-bond donors (Lipinski definition) is 2. The molecular formula is C10H15N3O4S2. The Morgan fingerprint density at radius 2 is 2.26 bits per heavy atom. The Hall–Kier alpha value is -1.06. The number of H-pyrrole nitrogens is 1. The van der Waals surface area contributed by atoms with Gasteiger partial charge in [-0.25, -0.2) is 13.2 Å². The third kappa shape index (κ3) is 2.49. The van der Waals surface area contributed by atoms with Gasteiger partial charge in [-0.3, -0.25) is 5.10 Å². The fourth-order valence-electron chi connectivity index (χ4n) is 2.03. The maximum atomic E-state index is 12.5. The van der Waals surface area contributed by atoms with Crippen LogP contribution >= 0.6 is 11.8 Å². The van der Waals surface area contributed by atoms with Crippen molar-refractivity contribution in [3.05, 3.63) is 11.4 Å². The molecular weight excluding hydrogens is 290 g/mol. The van der Waals surface area contributed by atoms with Gasteiger partial charge in [0.15, 0.2) is 5.69 Å². The summed E-state index contributed by atoms with van der Waals surface area (Å²) >= 11 is 1.69. The van der Waals surface area contributed by atoms with Crippen LogP contribution in [0.15, 0.2) is 4.90 Å². The minimum atomic E-state index is -3.84. The zero-order chi connectivity index (χ0) is 14.2. The van der Waals surface area contributed by atoms with E-state index in [-0.39, 0.29) is 16.6 Å². The molecule has 0 amide bonds. The number of sulfonamides is 1. The minimum Gasteiger partial charge on any atom is -0.476 e. The SMILES string of the molecule is Cc1[nH]nc(C(=O)O)c1S(=O)(=O)N(C)C1CCSC1. The van der Waals surface area contributed by atoms with Crippen molar-refractivity contribution in [2.45, 2.75) is 24.3 Å². The summed E-state index contributed by atoms with van der Waals surface area (Å²) in [5, 5.41) is 15.0. The highest BCUT2D eigenvalue weighted by Crippen LogP contribution is 2.28. The van der Waals surface area contributed by atoms with Gasteiger partial charge in [0.25, 0.3) is 0 Å². The number of carbonyl (C=O) groups is 1. The first kappa shape index (κ1) is 14.4. The average Bonchev–Trinajstić information content (AvgIpc) is 2.96. The minimum absolute atomic E-state index is 0.0917. The predicted molar refractivity (Wildman–Crippen MR) is 71.0 cm³/mol. The first-order valence-corrected chi connectivity index (χ1v) is 8.29. The molecule has 106 valence electrons. The lowest BCUT2D eigenvalue weighted by Gasteiger charge is -2.23. The summed E-state index contributed by atoms with van der Waals surface area (Å²) in [4.78, 5) is 10.8. The summed E-state index contributed by atoms with van der Waals surface area (Å²) in [5.74, 6) is 0.299. The van der Waals surface area contributed by atoms with Crippen molar-refractivity contribution in [3.8, 4) is 0 Å². The average molecular weight is 305 g/mol. The topological polar surface area (TPSA) is 103 Å². The van der Waals surface area contributed by atoms with E-state index in [0.717, 1.165) is 17.9 Å². The number of aromatic amines is 1. The van der Waals surface area contributed by atoms with Gasteiger partial charge in [0.1, 0.15) is 4.90 Å².